The number of allylic oxidation sites excluding steroid dienone is 1. The first-order chi connectivity index (χ1) is 9.99. The van der Waals surface area contributed by atoms with E-state index in [1.54, 1.807) is 11.1 Å². The van der Waals surface area contributed by atoms with Gasteiger partial charge in [-0.3, -0.25) is 9.59 Å². The van der Waals surface area contributed by atoms with Crippen molar-refractivity contribution in [2.45, 2.75) is 32.2 Å². The van der Waals surface area contributed by atoms with E-state index >= 15 is 0 Å². The third-order valence-corrected chi connectivity index (χ3v) is 3.24. The Hall–Kier alpha value is -2.02. The topological polar surface area (TPSA) is 113 Å². The number of hydrogen-bond donors (Lipinski definition) is 3. The molecule has 0 saturated heterocycles. The lowest BCUT2D eigenvalue weighted by molar-refractivity contribution is -0.145. The molecule has 0 aliphatic carbocycles. The molecule has 0 aromatic heterocycles. The SMILES string of the molecule is CCC1C(O)=C(O)C=CN1CCOC(=O)CCC(=O)CN. The van der Waals surface area contributed by atoms with Gasteiger partial charge in [0.05, 0.1) is 25.6 Å². The highest BCUT2D eigenvalue weighted by atomic mass is 16.5. The van der Waals surface area contributed by atoms with Gasteiger partial charge in [-0.05, 0) is 12.5 Å². The summed E-state index contributed by atoms with van der Waals surface area (Å²) in [5.41, 5.74) is 5.15. The summed E-state index contributed by atoms with van der Waals surface area (Å²) in [6, 6.07) is -0.326. The molecule has 1 unspecified atom stereocenters. The third kappa shape index (κ3) is 5.11. The van der Waals surface area contributed by atoms with Crippen molar-refractivity contribution in [1.82, 2.24) is 4.90 Å². The molecule has 0 bridgehead atoms. The molecule has 1 heterocycles. The zero-order valence-electron chi connectivity index (χ0n) is 12.1. The lowest BCUT2D eigenvalue weighted by Crippen LogP contribution is -2.37. The summed E-state index contributed by atoms with van der Waals surface area (Å²) < 4.78 is 5.03. The van der Waals surface area contributed by atoms with Crippen LogP contribution in [0.4, 0.5) is 0 Å². The first-order valence-electron chi connectivity index (χ1n) is 6.93. The van der Waals surface area contributed by atoms with Gasteiger partial charge in [-0.2, -0.15) is 0 Å². The van der Waals surface area contributed by atoms with Crippen molar-refractivity contribution >= 4 is 11.8 Å². The molecule has 0 spiro atoms. The van der Waals surface area contributed by atoms with Crippen molar-refractivity contribution < 1.29 is 24.5 Å². The van der Waals surface area contributed by atoms with Crippen LogP contribution in [0, 0.1) is 0 Å². The first-order valence-corrected chi connectivity index (χ1v) is 6.93. The van der Waals surface area contributed by atoms with Crippen molar-refractivity contribution in [3.8, 4) is 0 Å². The molecule has 0 amide bonds. The molecule has 0 aromatic rings. The van der Waals surface area contributed by atoms with Gasteiger partial charge < -0.3 is 25.6 Å². The predicted molar refractivity (Wildman–Crippen MR) is 76.5 cm³/mol. The molecule has 118 valence electrons. The van der Waals surface area contributed by atoms with Crippen LogP contribution >= 0.6 is 0 Å². The van der Waals surface area contributed by atoms with E-state index in [0.29, 0.717) is 13.0 Å². The largest absolute Gasteiger partial charge is 0.506 e. The van der Waals surface area contributed by atoms with Crippen LogP contribution in [0.1, 0.15) is 26.2 Å². The zero-order valence-corrected chi connectivity index (χ0v) is 12.1. The van der Waals surface area contributed by atoms with E-state index in [0.717, 1.165) is 0 Å². The number of carbonyl (C=O) groups excluding carboxylic acids is 2. The van der Waals surface area contributed by atoms with Gasteiger partial charge in [0.2, 0.25) is 0 Å². The molecule has 0 aromatic carbocycles. The van der Waals surface area contributed by atoms with E-state index < -0.39 is 5.97 Å². The van der Waals surface area contributed by atoms with Crippen LogP contribution in [0.25, 0.3) is 0 Å². The van der Waals surface area contributed by atoms with Crippen molar-refractivity contribution in [2.75, 3.05) is 19.7 Å². The number of ether oxygens (including phenoxy) is 1. The fourth-order valence-electron chi connectivity index (χ4n) is 2.02. The summed E-state index contributed by atoms with van der Waals surface area (Å²) in [5.74, 6) is -0.855. The van der Waals surface area contributed by atoms with E-state index in [1.807, 2.05) is 6.92 Å². The lowest BCUT2D eigenvalue weighted by atomic mass is 10.1. The van der Waals surface area contributed by atoms with Crippen LogP contribution in [-0.2, 0) is 14.3 Å². The first kappa shape index (κ1) is 17.0. The number of aliphatic hydroxyl groups is 2. The Kier molecular flexibility index (Phi) is 6.74. The van der Waals surface area contributed by atoms with E-state index in [1.165, 1.54) is 6.08 Å². The number of nitrogens with two attached hydrogens (primary N) is 1. The summed E-state index contributed by atoms with van der Waals surface area (Å²) in [4.78, 5) is 24.2. The number of Topliss-reactive ketones (excluding diaryl/α,β-unsaturated/α-hetero) is 1. The molecular weight excluding hydrogens is 276 g/mol. The maximum atomic E-state index is 11.4. The minimum Gasteiger partial charge on any atom is -0.506 e. The van der Waals surface area contributed by atoms with Crippen LogP contribution in [-0.4, -0.2) is 52.6 Å². The highest BCUT2D eigenvalue weighted by Gasteiger charge is 2.24. The van der Waals surface area contributed by atoms with E-state index in [-0.39, 0.29) is 49.3 Å². The number of esters is 1. The molecule has 0 radical (unpaired) electrons. The molecular formula is C14H22N2O5. The molecule has 1 rings (SSSR count). The summed E-state index contributed by atoms with van der Waals surface area (Å²) in [7, 11) is 0. The van der Waals surface area contributed by atoms with Crippen molar-refractivity contribution in [2.24, 2.45) is 5.73 Å². The number of rotatable bonds is 8. The Bertz CT molecular complexity index is 445. The molecule has 4 N–H and O–H groups in total. The van der Waals surface area contributed by atoms with Gasteiger partial charge in [0.15, 0.2) is 11.5 Å². The van der Waals surface area contributed by atoms with Crippen LogP contribution < -0.4 is 5.73 Å². The van der Waals surface area contributed by atoms with Gasteiger partial charge in [0.25, 0.3) is 0 Å². The highest BCUT2D eigenvalue weighted by Crippen LogP contribution is 2.20. The Morgan fingerprint density at radius 1 is 1.38 bits per heavy atom. The second-order valence-electron chi connectivity index (χ2n) is 4.71. The standard InChI is InChI=1S/C14H22N2O5/c1-2-11-14(20)12(18)5-6-16(11)7-8-21-13(19)4-3-10(17)9-15/h5-6,11,18,20H,2-4,7-9,15H2,1H3. The molecule has 7 nitrogen and oxygen atoms in total. The van der Waals surface area contributed by atoms with Gasteiger partial charge in [-0.1, -0.05) is 6.92 Å². The number of hydrogen-bond acceptors (Lipinski definition) is 7. The summed E-state index contributed by atoms with van der Waals surface area (Å²) in [6.07, 6.45) is 3.76. The monoisotopic (exact) mass is 298 g/mol. The van der Waals surface area contributed by atoms with Crippen LogP contribution in [0.2, 0.25) is 0 Å². The van der Waals surface area contributed by atoms with Crippen LogP contribution in [0.15, 0.2) is 23.8 Å². The maximum Gasteiger partial charge on any atom is 0.306 e. The molecule has 7 heteroatoms. The van der Waals surface area contributed by atoms with Crippen LogP contribution in [0.3, 0.4) is 0 Å². The van der Waals surface area contributed by atoms with Gasteiger partial charge >= 0.3 is 5.97 Å². The fourth-order valence-corrected chi connectivity index (χ4v) is 2.02. The average Bonchev–Trinajstić information content (AvgIpc) is 2.48. The smallest absolute Gasteiger partial charge is 0.306 e. The lowest BCUT2D eigenvalue weighted by Gasteiger charge is -2.31. The minimum absolute atomic E-state index is 0.0228. The fraction of sp³-hybridized carbons (Fsp3) is 0.571. The van der Waals surface area contributed by atoms with Gasteiger partial charge in [-0.15, -0.1) is 0 Å². The summed E-state index contributed by atoms with van der Waals surface area (Å²) in [6.45, 7) is 2.34. The van der Waals surface area contributed by atoms with Crippen molar-refractivity contribution in [3.63, 3.8) is 0 Å². The molecule has 0 saturated carbocycles. The summed E-state index contributed by atoms with van der Waals surface area (Å²) >= 11 is 0. The van der Waals surface area contributed by atoms with Crippen molar-refractivity contribution in [3.05, 3.63) is 23.8 Å². The maximum absolute atomic E-state index is 11.4. The van der Waals surface area contributed by atoms with Crippen LogP contribution in [0.5, 0.6) is 0 Å². The van der Waals surface area contributed by atoms with Crippen molar-refractivity contribution in [1.29, 1.82) is 0 Å². The molecule has 1 aliphatic rings. The van der Waals surface area contributed by atoms with E-state index in [2.05, 4.69) is 0 Å². The van der Waals surface area contributed by atoms with Gasteiger partial charge in [0, 0.05) is 12.6 Å². The minimum atomic E-state index is -0.451. The molecule has 0 fully saturated rings. The Labute approximate surface area is 123 Å². The Morgan fingerprint density at radius 2 is 2.10 bits per heavy atom. The van der Waals surface area contributed by atoms with Gasteiger partial charge in [-0.25, -0.2) is 0 Å². The second-order valence-corrected chi connectivity index (χ2v) is 4.71. The van der Waals surface area contributed by atoms with E-state index in [9.17, 15) is 19.8 Å². The quantitative estimate of drug-likeness (QED) is 0.567. The average molecular weight is 298 g/mol. The number of ketones is 1. The number of nitrogens with zero attached hydrogens (tertiary/aromatic N) is 1. The summed E-state index contributed by atoms with van der Waals surface area (Å²) in [5, 5.41) is 19.2. The molecule has 21 heavy (non-hydrogen) atoms. The number of carbonyl (C=O) groups is 2. The third-order valence-electron chi connectivity index (χ3n) is 3.24. The predicted octanol–water partition coefficient (Wildman–Crippen LogP) is 0.773. The normalized spacial score (nSPS) is 18.0. The number of aliphatic hydroxyl groups excluding tert-OH is 2. The van der Waals surface area contributed by atoms with Gasteiger partial charge in [0.1, 0.15) is 12.4 Å². The Morgan fingerprint density at radius 3 is 2.71 bits per heavy atom. The molecule has 1 atom stereocenters. The van der Waals surface area contributed by atoms with E-state index in [4.69, 9.17) is 10.5 Å². The Balaban J connectivity index is 2.34. The highest BCUT2D eigenvalue weighted by molar-refractivity contribution is 5.84. The molecule has 1 aliphatic heterocycles. The second kappa shape index (κ2) is 8.31. The zero-order chi connectivity index (χ0) is 15.8.